The van der Waals surface area contributed by atoms with Crippen molar-refractivity contribution < 1.29 is 9.90 Å². The zero-order valence-corrected chi connectivity index (χ0v) is 7.05. The molecule has 1 aliphatic rings. The van der Waals surface area contributed by atoms with Gasteiger partial charge in [-0.15, -0.1) is 0 Å². The van der Waals surface area contributed by atoms with Crippen LogP contribution in [0, 0.1) is 5.92 Å². The third kappa shape index (κ3) is 3.02. The lowest BCUT2D eigenvalue weighted by Crippen LogP contribution is -2.14. The van der Waals surface area contributed by atoms with Gasteiger partial charge < -0.3 is 5.11 Å². The number of aliphatic hydroxyl groups is 1. The molecule has 1 aliphatic carbocycles. The quantitative estimate of drug-likeness (QED) is 0.655. The molecule has 1 N–H and O–H groups in total. The predicted octanol–water partition coefficient (Wildman–Crippen LogP) is 1.52. The highest BCUT2D eigenvalue weighted by molar-refractivity contribution is 5.78. The molecule has 11 heavy (non-hydrogen) atoms. The Kier molecular flexibility index (Phi) is 3.06. The number of carbonyl (C=O) groups is 1. The molecule has 0 aliphatic heterocycles. The zero-order valence-electron chi connectivity index (χ0n) is 7.05. The van der Waals surface area contributed by atoms with Crippen LogP contribution in [-0.4, -0.2) is 17.0 Å². The van der Waals surface area contributed by atoms with Gasteiger partial charge in [-0.05, 0) is 25.2 Å². The van der Waals surface area contributed by atoms with E-state index in [4.69, 9.17) is 0 Å². The number of rotatable bonds is 5. The lowest BCUT2D eigenvalue weighted by atomic mass is 10.1. The molecule has 1 rings (SSSR count). The minimum absolute atomic E-state index is 0.215. The van der Waals surface area contributed by atoms with Crippen LogP contribution in [0.5, 0.6) is 0 Å². The molecule has 2 nitrogen and oxygen atoms in total. The van der Waals surface area contributed by atoms with Gasteiger partial charge in [-0.1, -0.05) is 6.92 Å². The number of Topliss-reactive ketones (excluding diaryl/α,β-unsaturated/α-hetero) is 1. The first-order valence-corrected chi connectivity index (χ1v) is 4.43. The van der Waals surface area contributed by atoms with Gasteiger partial charge in [-0.3, -0.25) is 4.79 Å². The molecule has 64 valence electrons. The molecular weight excluding hydrogens is 140 g/mol. The fraction of sp³-hybridized carbons (Fsp3) is 0.889. The molecule has 0 radical (unpaired) electrons. The van der Waals surface area contributed by atoms with E-state index in [0.29, 0.717) is 18.8 Å². The maximum Gasteiger partial charge on any atom is 0.135 e. The highest BCUT2D eigenvalue weighted by Gasteiger charge is 2.30. The van der Waals surface area contributed by atoms with E-state index >= 15 is 0 Å². The third-order valence-electron chi connectivity index (χ3n) is 2.13. The summed E-state index contributed by atoms with van der Waals surface area (Å²) >= 11 is 0. The number of hydrogen-bond acceptors (Lipinski definition) is 2. The summed E-state index contributed by atoms with van der Waals surface area (Å²) in [6, 6.07) is 0. The smallest absolute Gasteiger partial charge is 0.135 e. The monoisotopic (exact) mass is 156 g/mol. The summed E-state index contributed by atoms with van der Waals surface area (Å²) in [5.74, 6) is 0.655. The number of ketones is 1. The molecule has 0 spiro atoms. The Balaban J connectivity index is 2.12. The van der Waals surface area contributed by atoms with Gasteiger partial charge in [0.1, 0.15) is 5.78 Å². The lowest BCUT2D eigenvalue weighted by molar-refractivity contribution is -0.121. The fourth-order valence-corrected chi connectivity index (χ4v) is 1.26. The standard InChI is InChI=1S/C9H16O2/c1-2-3-8(10)6-9(11)7-4-5-7/h7,9,11H,2-6H2,1H3. The van der Waals surface area contributed by atoms with Crippen molar-refractivity contribution in [1.29, 1.82) is 0 Å². The van der Waals surface area contributed by atoms with E-state index in [0.717, 1.165) is 19.3 Å². The molecule has 0 bridgehead atoms. The Morgan fingerprint density at radius 3 is 2.73 bits per heavy atom. The maximum absolute atomic E-state index is 11.0. The van der Waals surface area contributed by atoms with Crippen molar-refractivity contribution in [3.8, 4) is 0 Å². The molecule has 1 unspecified atom stereocenters. The molecule has 1 fully saturated rings. The van der Waals surface area contributed by atoms with Gasteiger partial charge in [0.2, 0.25) is 0 Å². The van der Waals surface area contributed by atoms with Crippen LogP contribution in [0.2, 0.25) is 0 Å². The average Bonchev–Trinajstić information content (AvgIpc) is 2.67. The van der Waals surface area contributed by atoms with Gasteiger partial charge in [0.15, 0.2) is 0 Å². The van der Waals surface area contributed by atoms with Gasteiger partial charge in [-0.25, -0.2) is 0 Å². The van der Waals surface area contributed by atoms with Gasteiger partial charge in [0, 0.05) is 12.8 Å². The Morgan fingerprint density at radius 2 is 2.27 bits per heavy atom. The van der Waals surface area contributed by atoms with E-state index in [1.54, 1.807) is 0 Å². The minimum atomic E-state index is -0.339. The average molecular weight is 156 g/mol. The number of hydrogen-bond donors (Lipinski definition) is 1. The van der Waals surface area contributed by atoms with Crippen molar-refractivity contribution in [2.75, 3.05) is 0 Å². The van der Waals surface area contributed by atoms with Crippen LogP contribution in [-0.2, 0) is 4.79 Å². The van der Waals surface area contributed by atoms with Crippen LogP contribution in [0.3, 0.4) is 0 Å². The van der Waals surface area contributed by atoms with Gasteiger partial charge in [0.25, 0.3) is 0 Å². The molecule has 0 aromatic rings. The summed E-state index contributed by atoms with van der Waals surface area (Å²) in [6.45, 7) is 1.99. The van der Waals surface area contributed by atoms with E-state index < -0.39 is 0 Å². The lowest BCUT2D eigenvalue weighted by Gasteiger charge is -2.06. The minimum Gasteiger partial charge on any atom is -0.392 e. The number of aliphatic hydroxyl groups excluding tert-OH is 1. The first-order valence-electron chi connectivity index (χ1n) is 4.43. The van der Waals surface area contributed by atoms with Crippen LogP contribution in [0.1, 0.15) is 39.0 Å². The first kappa shape index (κ1) is 8.72. The summed E-state index contributed by atoms with van der Waals surface area (Å²) < 4.78 is 0. The highest BCUT2D eigenvalue weighted by Crippen LogP contribution is 2.34. The molecule has 0 amide bonds. The van der Waals surface area contributed by atoms with E-state index in [1.165, 1.54) is 0 Å². The third-order valence-corrected chi connectivity index (χ3v) is 2.13. The molecule has 0 aromatic heterocycles. The summed E-state index contributed by atoms with van der Waals surface area (Å²) in [7, 11) is 0. The molecular formula is C9H16O2. The largest absolute Gasteiger partial charge is 0.392 e. The van der Waals surface area contributed by atoms with Gasteiger partial charge >= 0.3 is 0 Å². The molecule has 0 heterocycles. The molecule has 2 heteroatoms. The molecule has 1 atom stereocenters. The topological polar surface area (TPSA) is 37.3 Å². The summed E-state index contributed by atoms with van der Waals surface area (Å²) in [6.07, 6.45) is 3.80. The molecule has 1 saturated carbocycles. The van der Waals surface area contributed by atoms with Crippen LogP contribution in [0.25, 0.3) is 0 Å². The van der Waals surface area contributed by atoms with Crippen molar-refractivity contribution in [3.63, 3.8) is 0 Å². The van der Waals surface area contributed by atoms with Crippen LogP contribution >= 0.6 is 0 Å². The van der Waals surface area contributed by atoms with E-state index in [9.17, 15) is 9.90 Å². The Bertz CT molecular complexity index is 138. The Hall–Kier alpha value is -0.370. The van der Waals surface area contributed by atoms with E-state index in [2.05, 4.69) is 0 Å². The molecule has 0 aromatic carbocycles. The summed E-state index contributed by atoms with van der Waals surface area (Å²) in [4.78, 5) is 11.0. The van der Waals surface area contributed by atoms with Crippen molar-refractivity contribution >= 4 is 5.78 Å². The van der Waals surface area contributed by atoms with Crippen LogP contribution < -0.4 is 0 Å². The van der Waals surface area contributed by atoms with Crippen molar-refractivity contribution in [1.82, 2.24) is 0 Å². The van der Waals surface area contributed by atoms with Crippen molar-refractivity contribution in [2.45, 2.75) is 45.1 Å². The normalized spacial score (nSPS) is 19.8. The van der Waals surface area contributed by atoms with Crippen LogP contribution in [0.4, 0.5) is 0 Å². The maximum atomic E-state index is 11.0. The highest BCUT2D eigenvalue weighted by atomic mass is 16.3. The summed E-state index contributed by atoms with van der Waals surface area (Å²) in [5, 5.41) is 9.37. The van der Waals surface area contributed by atoms with Gasteiger partial charge in [-0.2, -0.15) is 0 Å². The van der Waals surface area contributed by atoms with E-state index in [1.807, 2.05) is 6.92 Å². The second kappa shape index (κ2) is 3.86. The zero-order chi connectivity index (χ0) is 8.27. The van der Waals surface area contributed by atoms with E-state index in [-0.39, 0.29) is 11.9 Å². The van der Waals surface area contributed by atoms with Crippen molar-refractivity contribution in [3.05, 3.63) is 0 Å². The van der Waals surface area contributed by atoms with Crippen LogP contribution in [0.15, 0.2) is 0 Å². The second-order valence-electron chi connectivity index (χ2n) is 3.40. The summed E-state index contributed by atoms with van der Waals surface area (Å²) in [5.41, 5.74) is 0. The Morgan fingerprint density at radius 1 is 1.64 bits per heavy atom. The first-order chi connectivity index (χ1) is 5.24. The fourth-order valence-electron chi connectivity index (χ4n) is 1.26. The Labute approximate surface area is 67.6 Å². The predicted molar refractivity (Wildman–Crippen MR) is 43.3 cm³/mol. The second-order valence-corrected chi connectivity index (χ2v) is 3.40. The molecule has 0 saturated heterocycles. The number of carbonyl (C=O) groups excluding carboxylic acids is 1. The SMILES string of the molecule is CCCC(=O)CC(O)C1CC1. The van der Waals surface area contributed by atoms with Crippen molar-refractivity contribution in [2.24, 2.45) is 5.92 Å². The van der Waals surface area contributed by atoms with Gasteiger partial charge in [0.05, 0.1) is 6.10 Å².